The van der Waals surface area contributed by atoms with E-state index >= 15 is 0 Å². The van der Waals surface area contributed by atoms with E-state index in [-0.39, 0.29) is 5.54 Å². The molecule has 0 bridgehead atoms. The molecule has 1 N–H and O–H groups in total. The predicted molar refractivity (Wildman–Crippen MR) is 83.0 cm³/mol. The minimum absolute atomic E-state index is 0.148. The van der Waals surface area contributed by atoms with Gasteiger partial charge in [0, 0.05) is 37.1 Å². The summed E-state index contributed by atoms with van der Waals surface area (Å²) >= 11 is 1.77. The van der Waals surface area contributed by atoms with Crippen LogP contribution >= 0.6 is 11.3 Å². The summed E-state index contributed by atoms with van der Waals surface area (Å²) in [5, 5.41) is 6.86. The Kier molecular flexibility index (Phi) is 4.81. The van der Waals surface area contributed by atoms with Crippen molar-refractivity contribution >= 4 is 16.5 Å². The Morgan fingerprint density at radius 3 is 2.79 bits per heavy atom. The maximum atomic E-state index is 4.77. The second-order valence-electron chi connectivity index (χ2n) is 6.37. The zero-order chi connectivity index (χ0) is 13.9. The van der Waals surface area contributed by atoms with Crippen molar-refractivity contribution < 1.29 is 0 Å². The molecule has 1 saturated heterocycles. The summed E-state index contributed by atoms with van der Waals surface area (Å²) in [5.41, 5.74) is 1.31. The highest BCUT2D eigenvalue weighted by atomic mass is 32.1. The molecule has 19 heavy (non-hydrogen) atoms. The van der Waals surface area contributed by atoms with Crippen molar-refractivity contribution in [1.29, 1.82) is 0 Å². The van der Waals surface area contributed by atoms with E-state index in [4.69, 9.17) is 4.98 Å². The quantitative estimate of drug-likeness (QED) is 0.921. The van der Waals surface area contributed by atoms with Crippen LogP contribution in [0.1, 0.15) is 32.9 Å². The number of nitrogens with zero attached hydrogens (tertiary/aromatic N) is 3. The molecule has 0 atom stereocenters. The fourth-order valence-corrected chi connectivity index (χ4v) is 3.00. The third kappa shape index (κ3) is 4.75. The minimum atomic E-state index is 0.148. The Morgan fingerprint density at radius 1 is 1.26 bits per heavy atom. The van der Waals surface area contributed by atoms with E-state index < -0.39 is 0 Å². The van der Waals surface area contributed by atoms with Crippen molar-refractivity contribution in [2.75, 3.05) is 38.1 Å². The van der Waals surface area contributed by atoms with Gasteiger partial charge in [-0.1, -0.05) is 0 Å². The van der Waals surface area contributed by atoms with Gasteiger partial charge in [0.15, 0.2) is 5.13 Å². The molecule has 1 aromatic rings. The lowest BCUT2D eigenvalue weighted by Gasteiger charge is -2.20. The lowest BCUT2D eigenvalue weighted by Crippen LogP contribution is -2.35. The van der Waals surface area contributed by atoms with Crippen LogP contribution in [0.4, 0.5) is 5.13 Å². The van der Waals surface area contributed by atoms with Crippen LogP contribution in [0.15, 0.2) is 5.38 Å². The summed E-state index contributed by atoms with van der Waals surface area (Å²) in [4.78, 5) is 9.59. The smallest absolute Gasteiger partial charge is 0.185 e. The van der Waals surface area contributed by atoms with Crippen molar-refractivity contribution in [1.82, 2.24) is 15.2 Å². The normalized spacial score (nSPS) is 18.6. The second kappa shape index (κ2) is 6.20. The summed E-state index contributed by atoms with van der Waals surface area (Å²) < 4.78 is 0. The molecule has 0 aromatic carbocycles. The van der Waals surface area contributed by atoms with E-state index in [1.165, 1.54) is 18.1 Å². The van der Waals surface area contributed by atoms with Crippen molar-refractivity contribution in [3.05, 3.63) is 11.1 Å². The van der Waals surface area contributed by atoms with Gasteiger partial charge in [0.1, 0.15) is 0 Å². The highest BCUT2D eigenvalue weighted by molar-refractivity contribution is 7.13. The van der Waals surface area contributed by atoms with Crippen LogP contribution in [0, 0.1) is 0 Å². The molecule has 1 fully saturated rings. The summed E-state index contributed by atoms with van der Waals surface area (Å²) in [5.74, 6) is 0. The molecule has 4 nitrogen and oxygen atoms in total. The van der Waals surface area contributed by atoms with Crippen LogP contribution in [0.25, 0.3) is 0 Å². The number of likely N-dealkylation sites (N-methyl/N-ethyl adjacent to an activating group) is 1. The average Bonchev–Trinajstić information content (AvgIpc) is 2.69. The van der Waals surface area contributed by atoms with E-state index in [2.05, 4.69) is 48.3 Å². The standard InChI is InChI=1S/C14H26N4S/c1-14(2,3)15-10-12-11-19-13(16-12)18-7-5-6-17(4)8-9-18/h11,15H,5-10H2,1-4H3. The molecule has 1 aliphatic rings. The summed E-state index contributed by atoms with van der Waals surface area (Å²) in [6.07, 6.45) is 1.23. The van der Waals surface area contributed by atoms with Crippen molar-refractivity contribution in [3.8, 4) is 0 Å². The van der Waals surface area contributed by atoms with Gasteiger partial charge in [0.25, 0.3) is 0 Å². The maximum absolute atomic E-state index is 4.77. The second-order valence-corrected chi connectivity index (χ2v) is 7.21. The molecule has 0 unspecified atom stereocenters. The third-order valence-electron chi connectivity index (χ3n) is 3.33. The Balaban J connectivity index is 1.92. The summed E-state index contributed by atoms with van der Waals surface area (Å²) in [6, 6.07) is 0. The largest absolute Gasteiger partial charge is 0.347 e. The molecule has 0 radical (unpaired) electrons. The van der Waals surface area contributed by atoms with Gasteiger partial charge in [-0.25, -0.2) is 4.98 Å². The van der Waals surface area contributed by atoms with Crippen LogP contribution in [-0.2, 0) is 6.54 Å². The lowest BCUT2D eigenvalue weighted by atomic mass is 10.1. The highest BCUT2D eigenvalue weighted by Crippen LogP contribution is 2.22. The van der Waals surface area contributed by atoms with E-state index in [1.54, 1.807) is 11.3 Å². The molecule has 2 heterocycles. The number of hydrogen-bond donors (Lipinski definition) is 1. The third-order valence-corrected chi connectivity index (χ3v) is 4.28. The SMILES string of the molecule is CN1CCCN(c2nc(CNC(C)(C)C)cs2)CC1. The van der Waals surface area contributed by atoms with Crippen LogP contribution < -0.4 is 10.2 Å². The monoisotopic (exact) mass is 282 g/mol. The molecule has 2 rings (SSSR count). The van der Waals surface area contributed by atoms with Crippen molar-refractivity contribution in [2.45, 2.75) is 39.3 Å². The molecular weight excluding hydrogens is 256 g/mol. The first-order valence-electron chi connectivity index (χ1n) is 7.07. The molecule has 1 aliphatic heterocycles. The summed E-state index contributed by atoms with van der Waals surface area (Å²) in [7, 11) is 2.20. The lowest BCUT2D eigenvalue weighted by molar-refractivity contribution is 0.360. The van der Waals surface area contributed by atoms with Crippen LogP contribution in [0.2, 0.25) is 0 Å². The Hall–Kier alpha value is -0.650. The predicted octanol–water partition coefficient (Wildman–Crippen LogP) is 2.17. The Morgan fingerprint density at radius 2 is 2.05 bits per heavy atom. The van der Waals surface area contributed by atoms with Gasteiger partial charge in [-0.2, -0.15) is 0 Å². The van der Waals surface area contributed by atoms with E-state index in [9.17, 15) is 0 Å². The molecule has 108 valence electrons. The number of nitrogens with one attached hydrogen (secondary N) is 1. The first kappa shape index (κ1) is 14.8. The molecule has 5 heteroatoms. The van der Waals surface area contributed by atoms with Gasteiger partial charge in [-0.05, 0) is 40.8 Å². The number of anilines is 1. The molecule has 0 spiro atoms. The van der Waals surface area contributed by atoms with E-state index in [1.807, 2.05) is 0 Å². The zero-order valence-corrected chi connectivity index (χ0v) is 13.4. The van der Waals surface area contributed by atoms with E-state index in [0.29, 0.717) is 0 Å². The van der Waals surface area contributed by atoms with Crippen LogP contribution in [0.5, 0.6) is 0 Å². The minimum Gasteiger partial charge on any atom is -0.347 e. The summed E-state index contributed by atoms with van der Waals surface area (Å²) in [6.45, 7) is 12.0. The molecular formula is C14H26N4S. The highest BCUT2D eigenvalue weighted by Gasteiger charge is 2.16. The topological polar surface area (TPSA) is 31.4 Å². The van der Waals surface area contributed by atoms with Crippen LogP contribution in [0.3, 0.4) is 0 Å². The fraction of sp³-hybridized carbons (Fsp3) is 0.786. The van der Waals surface area contributed by atoms with Crippen molar-refractivity contribution in [2.24, 2.45) is 0 Å². The van der Waals surface area contributed by atoms with Gasteiger partial charge in [0.2, 0.25) is 0 Å². The number of thiazole rings is 1. The van der Waals surface area contributed by atoms with Gasteiger partial charge < -0.3 is 15.1 Å². The fourth-order valence-electron chi connectivity index (χ4n) is 2.12. The first-order chi connectivity index (χ1) is 8.94. The molecule has 1 aromatic heterocycles. The number of hydrogen-bond acceptors (Lipinski definition) is 5. The van der Waals surface area contributed by atoms with Gasteiger partial charge >= 0.3 is 0 Å². The van der Waals surface area contributed by atoms with Crippen molar-refractivity contribution in [3.63, 3.8) is 0 Å². The molecule has 0 aliphatic carbocycles. The van der Waals surface area contributed by atoms with Gasteiger partial charge in [0.05, 0.1) is 5.69 Å². The average molecular weight is 282 g/mol. The Labute approximate surface area is 120 Å². The molecule has 0 amide bonds. The van der Waals surface area contributed by atoms with E-state index in [0.717, 1.165) is 31.9 Å². The maximum Gasteiger partial charge on any atom is 0.185 e. The van der Waals surface area contributed by atoms with Gasteiger partial charge in [-0.3, -0.25) is 0 Å². The zero-order valence-electron chi connectivity index (χ0n) is 12.6. The molecule has 0 saturated carbocycles. The number of rotatable bonds is 3. The van der Waals surface area contributed by atoms with Gasteiger partial charge in [-0.15, -0.1) is 11.3 Å². The number of aromatic nitrogens is 1. The van der Waals surface area contributed by atoms with Crippen LogP contribution in [-0.4, -0.2) is 48.6 Å². The Bertz CT molecular complexity index is 396. The first-order valence-corrected chi connectivity index (χ1v) is 7.95.